The van der Waals surface area contributed by atoms with Gasteiger partial charge in [0.25, 0.3) is 5.91 Å². The van der Waals surface area contributed by atoms with Crippen LogP contribution in [0, 0.1) is 11.3 Å². The third-order valence-electron chi connectivity index (χ3n) is 14.7. The summed E-state index contributed by atoms with van der Waals surface area (Å²) in [6.07, 6.45) is 5.72. The van der Waals surface area contributed by atoms with Crippen LogP contribution in [-0.2, 0) is 16.1 Å². The molecule has 2 N–H and O–H groups in total. The number of benzene rings is 4. The van der Waals surface area contributed by atoms with Crippen LogP contribution in [-0.4, -0.2) is 97.2 Å². The van der Waals surface area contributed by atoms with E-state index in [1.54, 1.807) is 17.0 Å². The molecule has 7 aliphatic rings. The highest BCUT2D eigenvalue weighted by Gasteiger charge is 2.47. The molecule has 3 amide bonds. The number of fused-ring (bicyclic) bond motifs is 5. The zero-order chi connectivity index (χ0) is 39.8. The van der Waals surface area contributed by atoms with Gasteiger partial charge in [-0.05, 0) is 90.5 Å². The van der Waals surface area contributed by atoms with Crippen LogP contribution in [0.15, 0.2) is 84.9 Å². The number of hydrogen-bond acceptors (Lipinski definition) is 9. The van der Waals surface area contributed by atoms with Crippen molar-refractivity contribution in [2.45, 2.75) is 69.0 Å². The molecule has 3 saturated heterocycles. The second-order valence-electron chi connectivity index (χ2n) is 18.2. The first-order valence-electron chi connectivity index (χ1n) is 21.6. The number of imide groups is 1. The number of nitrogens with zero attached hydrogens (tertiary/aromatic N) is 4. The van der Waals surface area contributed by atoms with E-state index in [4.69, 9.17) is 9.47 Å². The van der Waals surface area contributed by atoms with Crippen LogP contribution in [0.1, 0.15) is 83.0 Å². The fraction of sp³-hybridized carbons (Fsp3) is 0.438. The Labute approximate surface area is 344 Å². The highest BCUT2D eigenvalue weighted by Crippen LogP contribution is 2.54. The van der Waals surface area contributed by atoms with Crippen molar-refractivity contribution >= 4 is 29.1 Å². The van der Waals surface area contributed by atoms with E-state index in [1.807, 2.05) is 12.1 Å². The van der Waals surface area contributed by atoms with E-state index in [2.05, 4.69) is 80.7 Å². The van der Waals surface area contributed by atoms with E-state index in [0.29, 0.717) is 37.2 Å². The molecule has 4 aromatic carbocycles. The minimum absolute atomic E-state index is 0.143. The Morgan fingerprint density at radius 1 is 0.797 bits per heavy atom. The summed E-state index contributed by atoms with van der Waals surface area (Å²) in [5, 5.41) is 12.6. The zero-order valence-corrected chi connectivity index (χ0v) is 33.4. The lowest BCUT2D eigenvalue weighted by molar-refractivity contribution is -0.136. The highest BCUT2D eigenvalue weighted by atomic mass is 16.5. The molecule has 1 spiro atoms. The number of carbonyl (C=O) groups excluding carboxylic acids is 3. The van der Waals surface area contributed by atoms with Gasteiger partial charge >= 0.3 is 0 Å². The van der Waals surface area contributed by atoms with Gasteiger partial charge in [0.1, 0.15) is 29.9 Å². The number of ether oxygens (including phenoxy) is 2. The number of aromatic hydroxyl groups is 1. The summed E-state index contributed by atoms with van der Waals surface area (Å²) in [6, 6.07) is 29.0. The topological polar surface area (TPSA) is 115 Å². The number of phenolic OH excluding ortho intramolecular Hbond substituents is 1. The lowest BCUT2D eigenvalue weighted by Gasteiger charge is -2.54. The minimum Gasteiger partial charge on any atom is -0.508 e. The second kappa shape index (κ2) is 14.3. The number of piperazine rings is 1. The highest BCUT2D eigenvalue weighted by molar-refractivity contribution is 6.06. The van der Waals surface area contributed by atoms with Crippen LogP contribution in [0.5, 0.6) is 17.2 Å². The van der Waals surface area contributed by atoms with Gasteiger partial charge in [-0.15, -0.1) is 0 Å². The molecule has 4 aromatic rings. The van der Waals surface area contributed by atoms with Crippen LogP contribution in [0.25, 0.3) is 0 Å². The summed E-state index contributed by atoms with van der Waals surface area (Å²) in [7, 11) is 0. The maximum atomic E-state index is 13.4. The Bertz CT molecular complexity index is 2300. The Kier molecular flexibility index (Phi) is 8.87. The van der Waals surface area contributed by atoms with Crippen LogP contribution < -0.4 is 24.6 Å². The van der Waals surface area contributed by atoms with Crippen molar-refractivity contribution in [2.24, 2.45) is 11.3 Å². The molecule has 1 saturated carbocycles. The summed E-state index contributed by atoms with van der Waals surface area (Å²) in [5.41, 5.74) is 8.00. The van der Waals surface area contributed by atoms with Crippen molar-refractivity contribution in [3.05, 3.63) is 113 Å². The van der Waals surface area contributed by atoms with Gasteiger partial charge in [0.2, 0.25) is 11.8 Å². The molecule has 0 unspecified atom stereocenters. The van der Waals surface area contributed by atoms with Crippen molar-refractivity contribution in [3.8, 4) is 17.2 Å². The summed E-state index contributed by atoms with van der Waals surface area (Å²) in [4.78, 5) is 47.0. The molecule has 59 heavy (non-hydrogen) atoms. The molecule has 1 aliphatic carbocycles. The van der Waals surface area contributed by atoms with Crippen molar-refractivity contribution in [3.63, 3.8) is 0 Å². The third-order valence-corrected chi connectivity index (χ3v) is 14.7. The second-order valence-corrected chi connectivity index (χ2v) is 18.2. The first-order chi connectivity index (χ1) is 28.8. The summed E-state index contributed by atoms with van der Waals surface area (Å²) in [5.74, 6) is 1.99. The monoisotopic (exact) mass is 793 g/mol. The average molecular weight is 794 g/mol. The van der Waals surface area contributed by atoms with Gasteiger partial charge in [-0.3, -0.25) is 24.6 Å². The third kappa shape index (κ3) is 6.49. The molecule has 6 aliphatic heterocycles. The van der Waals surface area contributed by atoms with Gasteiger partial charge in [-0.2, -0.15) is 0 Å². The number of piperidine rings is 2. The predicted molar refractivity (Wildman–Crippen MR) is 223 cm³/mol. The molecule has 11 nitrogen and oxygen atoms in total. The molecular formula is C48H51N5O6. The van der Waals surface area contributed by atoms with Crippen molar-refractivity contribution in [1.82, 2.24) is 15.1 Å². The molecule has 11 rings (SSSR count). The van der Waals surface area contributed by atoms with Gasteiger partial charge in [-0.1, -0.05) is 48.5 Å². The van der Waals surface area contributed by atoms with Crippen molar-refractivity contribution in [2.75, 3.05) is 62.3 Å². The first-order valence-corrected chi connectivity index (χ1v) is 21.6. The molecule has 304 valence electrons. The molecule has 0 aromatic heterocycles. The fourth-order valence-corrected chi connectivity index (χ4v) is 11.7. The Balaban J connectivity index is 0.687. The molecule has 0 bridgehead atoms. The van der Waals surface area contributed by atoms with E-state index in [0.717, 1.165) is 73.5 Å². The number of carbonyl (C=O) groups is 3. The molecular weight excluding hydrogens is 743 g/mol. The lowest BCUT2D eigenvalue weighted by Crippen LogP contribution is -2.59. The number of phenols is 1. The lowest BCUT2D eigenvalue weighted by atomic mass is 9.57. The van der Waals surface area contributed by atoms with Crippen molar-refractivity contribution in [1.29, 1.82) is 0 Å². The Hall–Kier alpha value is -5.55. The van der Waals surface area contributed by atoms with E-state index in [-0.39, 0.29) is 47.8 Å². The standard InChI is InChI=1S/C48H51N5O6/c54-36-10-11-37-42(21-36)59-29-39(31-4-2-1-3-5-31)45(37)32-6-8-34(9-7-32)51-16-14-48(15-17-51)23-30(24-48)25-50-18-19-52-35(27-50)28-58-43-22-38-33(20-41(43)52)26-53(47(38)57)40-12-13-44(55)49-46(40)56/h1-11,20-22,30,35,39-40,45,54H,12-19,23-29H2,(H,49,55,56)/t35-,39+,40-,45+/m0/s1. The predicted octanol–water partition coefficient (Wildman–Crippen LogP) is 6.04. The van der Waals surface area contributed by atoms with Crippen molar-refractivity contribution < 1.29 is 29.0 Å². The molecule has 11 heteroatoms. The van der Waals surface area contributed by atoms with Gasteiger partial charge in [0, 0.05) is 87.0 Å². The minimum atomic E-state index is -0.618. The zero-order valence-electron chi connectivity index (χ0n) is 33.4. The van der Waals surface area contributed by atoms with E-state index >= 15 is 0 Å². The number of amides is 3. The molecule has 4 atom stereocenters. The number of anilines is 2. The normalized spacial score (nSPS) is 26.2. The van der Waals surface area contributed by atoms with Crippen LogP contribution >= 0.6 is 0 Å². The maximum Gasteiger partial charge on any atom is 0.255 e. The summed E-state index contributed by atoms with van der Waals surface area (Å²) in [6.45, 7) is 7.78. The Morgan fingerprint density at radius 2 is 1.59 bits per heavy atom. The van der Waals surface area contributed by atoms with Gasteiger partial charge in [0.05, 0.1) is 18.3 Å². The fourth-order valence-electron chi connectivity index (χ4n) is 11.7. The van der Waals surface area contributed by atoms with E-state index in [1.165, 1.54) is 42.5 Å². The van der Waals surface area contributed by atoms with Crippen LogP contribution in [0.2, 0.25) is 0 Å². The van der Waals surface area contributed by atoms with Crippen LogP contribution in [0.3, 0.4) is 0 Å². The maximum absolute atomic E-state index is 13.4. The Morgan fingerprint density at radius 3 is 2.39 bits per heavy atom. The number of hydrogen-bond donors (Lipinski definition) is 2. The SMILES string of the molecule is O=C1CC[C@H](N2Cc3cc4c(cc3C2=O)OC[C@@H]2CN(CC3CC5(CCN(c6ccc([C@@H]7c8ccc(O)cc8OC[C@@H]7c7ccccc7)cc6)CC5)C3)CCN42)C(=O)N1. The van der Waals surface area contributed by atoms with Gasteiger partial charge in [0.15, 0.2) is 0 Å². The molecule has 4 fully saturated rings. The largest absolute Gasteiger partial charge is 0.508 e. The molecule has 0 radical (unpaired) electrons. The van der Waals surface area contributed by atoms with Gasteiger partial charge in [-0.25, -0.2) is 0 Å². The number of rotatable bonds is 6. The van der Waals surface area contributed by atoms with E-state index in [9.17, 15) is 19.5 Å². The molecule has 6 heterocycles. The quantitative estimate of drug-likeness (QED) is 0.226. The number of nitrogens with one attached hydrogen (secondary N) is 1. The van der Waals surface area contributed by atoms with E-state index < -0.39 is 6.04 Å². The summed E-state index contributed by atoms with van der Waals surface area (Å²) < 4.78 is 12.5. The average Bonchev–Trinajstić information content (AvgIpc) is 3.56. The van der Waals surface area contributed by atoms with Crippen LogP contribution in [0.4, 0.5) is 11.4 Å². The summed E-state index contributed by atoms with van der Waals surface area (Å²) >= 11 is 0. The van der Waals surface area contributed by atoms with Gasteiger partial charge < -0.3 is 29.3 Å². The smallest absolute Gasteiger partial charge is 0.255 e. The first kappa shape index (κ1) is 36.5.